The number of hydrogen-bond donors (Lipinski definition) is 3. The van der Waals surface area contributed by atoms with Gasteiger partial charge in [-0.25, -0.2) is 0 Å². The van der Waals surface area contributed by atoms with E-state index in [-0.39, 0.29) is 17.9 Å². The van der Waals surface area contributed by atoms with E-state index in [4.69, 9.17) is 21.0 Å². The van der Waals surface area contributed by atoms with Crippen molar-refractivity contribution >= 4 is 5.84 Å². The summed E-state index contributed by atoms with van der Waals surface area (Å²) in [5, 5.41) is 16.4. The molecular weight excluding hydrogens is 206 g/mol. The fourth-order valence-corrected chi connectivity index (χ4v) is 1.27. The Morgan fingerprint density at radius 1 is 1.38 bits per heavy atom. The summed E-state index contributed by atoms with van der Waals surface area (Å²) in [6.07, 6.45) is 0.812. The quantitative estimate of drug-likeness (QED) is 0.393. The predicted molar refractivity (Wildman–Crippen MR) is 65.7 cm³/mol. The Morgan fingerprint density at radius 2 is 2.00 bits per heavy atom. The van der Waals surface area contributed by atoms with Crippen molar-refractivity contribution in [3.63, 3.8) is 0 Å². The first-order chi connectivity index (χ1) is 7.44. The number of aliphatic hydroxyl groups excluding tert-OH is 1. The second kappa shape index (κ2) is 7.60. The minimum atomic E-state index is -0.277. The SMILES string of the molecule is COCCN(CCO)CCC(C)(C)C(=N)N. The summed E-state index contributed by atoms with van der Waals surface area (Å²) in [4.78, 5) is 2.12. The Balaban J connectivity index is 4.04. The number of amidine groups is 1. The van der Waals surface area contributed by atoms with Crippen LogP contribution in [0.5, 0.6) is 0 Å². The van der Waals surface area contributed by atoms with E-state index in [1.807, 2.05) is 13.8 Å². The predicted octanol–water partition coefficient (Wildman–Crippen LogP) is 0.279. The highest BCUT2D eigenvalue weighted by molar-refractivity contribution is 5.82. The summed E-state index contributed by atoms with van der Waals surface area (Å²) >= 11 is 0. The molecule has 0 aliphatic carbocycles. The van der Waals surface area contributed by atoms with Crippen LogP contribution in [0.15, 0.2) is 0 Å². The molecule has 0 aliphatic heterocycles. The third-order valence-corrected chi connectivity index (χ3v) is 2.81. The fourth-order valence-electron chi connectivity index (χ4n) is 1.27. The van der Waals surface area contributed by atoms with E-state index in [0.717, 1.165) is 19.5 Å². The average Bonchev–Trinajstić information content (AvgIpc) is 2.22. The van der Waals surface area contributed by atoms with E-state index in [0.29, 0.717) is 13.2 Å². The van der Waals surface area contributed by atoms with Crippen molar-refractivity contribution in [2.75, 3.05) is 40.0 Å². The van der Waals surface area contributed by atoms with Crippen molar-refractivity contribution in [1.29, 1.82) is 5.41 Å². The molecule has 0 radical (unpaired) electrons. The molecule has 0 aromatic rings. The third kappa shape index (κ3) is 6.05. The molecule has 0 saturated carbocycles. The number of nitrogens with two attached hydrogens (primary N) is 1. The Hall–Kier alpha value is -0.650. The van der Waals surface area contributed by atoms with E-state index < -0.39 is 0 Å². The van der Waals surface area contributed by atoms with E-state index in [1.54, 1.807) is 7.11 Å². The van der Waals surface area contributed by atoms with Crippen molar-refractivity contribution in [2.45, 2.75) is 20.3 Å². The summed E-state index contributed by atoms with van der Waals surface area (Å²) in [7, 11) is 1.66. The second-order valence-corrected chi connectivity index (χ2v) is 4.61. The molecule has 0 rings (SSSR count). The van der Waals surface area contributed by atoms with E-state index in [2.05, 4.69) is 4.90 Å². The molecule has 0 saturated heterocycles. The molecule has 0 fully saturated rings. The van der Waals surface area contributed by atoms with Crippen LogP contribution in [0.4, 0.5) is 0 Å². The molecule has 0 spiro atoms. The molecule has 0 aromatic carbocycles. The zero-order chi connectivity index (χ0) is 12.6. The van der Waals surface area contributed by atoms with E-state index in [1.165, 1.54) is 0 Å². The van der Waals surface area contributed by atoms with Gasteiger partial charge < -0.3 is 15.6 Å². The maximum atomic E-state index is 8.93. The number of hydrogen-bond acceptors (Lipinski definition) is 4. The molecule has 5 nitrogen and oxygen atoms in total. The molecule has 0 unspecified atom stereocenters. The van der Waals surface area contributed by atoms with E-state index in [9.17, 15) is 0 Å². The van der Waals surface area contributed by atoms with Gasteiger partial charge in [-0.1, -0.05) is 13.8 Å². The molecule has 0 atom stereocenters. The van der Waals surface area contributed by atoms with Gasteiger partial charge >= 0.3 is 0 Å². The third-order valence-electron chi connectivity index (χ3n) is 2.81. The average molecular weight is 231 g/mol. The first-order valence-electron chi connectivity index (χ1n) is 5.60. The summed E-state index contributed by atoms with van der Waals surface area (Å²) in [6.45, 7) is 6.97. The Kier molecular flexibility index (Phi) is 7.29. The minimum Gasteiger partial charge on any atom is -0.395 e. The van der Waals surface area contributed by atoms with Crippen LogP contribution in [-0.4, -0.2) is 55.8 Å². The van der Waals surface area contributed by atoms with Gasteiger partial charge in [0, 0.05) is 25.6 Å². The Morgan fingerprint density at radius 3 is 2.44 bits per heavy atom. The smallest absolute Gasteiger partial charge is 0.0963 e. The lowest BCUT2D eigenvalue weighted by atomic mass is 9.88. The number of ether oxygens (including phenoxy) is 1. The summed E-state index contributed by atoms with van der Waals surface area (Å²) in [5.74, 6) is 0.211. The Labute approximate surface area is 98.1 Å². The monoisotopic (exact) mass is 231 g/mol. The number of nitrogens with zero attached hydrogens (tertiary/aromatic N) is 1. The van der Waals surface area contributed by atoms with Gasteiger partial charge in [-0.2, -0.15) is 0 Å². The van der Waals surface area contributed by atoms with Crippen LogP contribution in [0.25, 0.3) is 0 Å². The molecular formula is C11H25N3O2. The second-order valence-electron chi connectivity index (χ2n) is 4.61. The molecule has 96 valence electrons. The van der Waals surface area contributed by atoms with Crippen LogP contribution >= 0.6 is 0 Å². The van der Waals surface area contributed by atoms with Crippen molar-refractivity contribution in [1.82, 2.24) is 4.90 Å². The van der Waals surface area contributed by atoms with Gasteiger partial charge in [0.1, 0.15) is 0 Å². The van der Waals surface area contributed by atoms with Gasteiger partial charge in [0.15, 0.2) is 0 Å². The Bertz CT molecular complexity index is 207. The zero-order valence-corrected chi connectivity index (χ0v) is 10.6. The minimum absolute atomic E-state index is 0.143. The number of aliphatic hydroxyl groups is 1. The van der Waals surface area contributed by atoms with Crippen LogP contribution in [0, 0.1) is 10.8 Å². The van der Waals surface area contributed by atoms with Crippen molar-refractivity contribution < 1.29 is 9.84 Å². The van der Waals surface area contributed by atoms with Gasteiger partial charge in [0.25, 0.3) is 0 Å². The van der Waals surface area contributed by atoms with Crippen molar-refractivity contribution in [3.05, 3.63) is 0 Å². The summed E-state index contributed by atoms with van der Waals surface area (Å²) < 4.78 is 5.01. The first-order valence-corrected chi connectivity index (χ1v) is 5.60. The molecule has 0 aromatic heterocycles. The number of rotatable bonds is 9. The van der Waals surface area contributed by atoms with Gasteiger partial charge in [-0.3, -0.25) is 10.3 Å². The molecule has 4 N–H and O–H groups in total. The summed E-state index contributed by atoms with van der Waals surface area (Å²) in [6, 6.07) is 0. The van der Waals surface area contributed by atoms with Crippen molar-refractivity contribution in [3.8, 4) is 0 Å². The molecule has 16 heavy (non-hydrogen) atoms. The molecule has 0 heterocycles. The van der Waals surface area contributed by atoms with Crippen molar-refractivity contribution in [2.24, 2.45) is 11.1 Å². The van der Waals surface area contributed by atoms with Crippen LogP contribution in [-0.2, 0) is 4.74 Å². The lowest BCUT2D eigenvalue weighted by Crippen LogP contribution is -2.37. The highest BCUT2D eigenvalue weighted by Gasteiger charge is 2.22. The van der Waals surface area contributed by atoms with Gasteiger partial charge in [0.2, 0.25) is 0 Å². The normalized spacial score (nSPS) is 12.1. The lowest BCUT2D eigenvalue weighted by molar-refractivity contribution is 0.125. The topological polar surface area (TPSA) is 82.6 Å². The summed E-state index contributed by atoms with van der Waals surface area (Å²) in [5.41, 5.74) is 5.24. The molecule has 5 heteroatoms. The van der Waals surface area contributed by atoms with Crippen LogP contribution in [0.3, 0.4) is 0 Å². The maximum absolute atomic E-state index is 8.93. The first kappa shape index (κ1) is 15.3. The largest absolute Gasteiger partial charge is 0.395 e. The number of methoxy groups -OCH3 is 1. The molecule has 0 bridgehead atoms. The fraction of sp³-hybridized carbons (Fsp3) is 0.909. The highest BCUT2D eigenvalue weighted by atomic mass is 16.5. The maximum Gasteiger partial charge on any atom is 0.0963 e. The van der Waals surface area contributed by atoms with Gasteiger partial charge in [0.05, 0.1) is 19.0 Å². The molecule has 0 amide bonds. The number of nitrogens with one attached hydrogen (secondary N) is 1. The van der Waals surface area contributed by atoms with E-state index >= 15 is 0 Å². The zero-order valence-electron chi connectivity index (χ0n) is 10.6. The van der Waals surface area contributed by atoms with Gasteiger partial charge in [-0.05, 0) is 13.0 Å². The van der Waals surface area contributed by atoms with Crippen LogP contribution in [0.2, 0.25) is 0 Å². The van der Waals surface area contributed by atoms with Crippen LogP contribution in [0.1, 0.15) is 20.3 Å². The van der Waals surface area contributed by atoms with Gasteiger partial charge in [-0.15, -0.1) is 0 Å². The standard InChI is InChI=1S/C11H25N3O2/c1-11(2,10(12)13)4-5-14(6-8-15)7-9-16-3/h15H,4-9H2,1-3H3,(H3,12,13). The highest BCUT2D eigenvalue weighted by Crippen LogP contribution is 2.19. The lowest BCUT2D eigenvalue weighted by Gasteiger charge is -2.28. The van der Waals surface area contributed by atoms with Crippen LogP contribution < -0.4 is 5.73 Å². The molecule has 0 aliphatic rings.